The zero-order chi connectivity index (χ0) is 21.0. The van der Waals surface area contributed by atoms with E-state index >= 15 is 0 Å². The number of fused-ring (bicyclic) bond motifs is 4. The van der Waals surface area contributed by atoms with Crippen LogP contribution in [0.2, 0.25) is 0 Å². The standard InChI is InChI=1S/C24H18O6/c1-3-12-8-9-17-15(10-12)22-16(23(26)29-17)11-18(28-22)19-20(25)14-7-5-6-13(4-2)21(14)30-24(19)27/h5-11,19H,3-4H2,1-2H3. The van der Waals surface area contributed by atoms with Crippen molar-refractivity contribution in [2.75, 3.05) is 0 Å². The Bertz CT molecular complexity index is 1400. The summed E-state index contributed by atoms with van der Waals surface area (Å²) in [6.07, 6.45) is 1.43. The number of hydrogen-bond donors (Lipinski definition) is 0. The van der Waals surface area contributed by atoms with Crippen LogP contribution in [0.1, 0.15) is 47.0 Å². The predicted molar refractivity (Wildman–Crippen MR) is 110 cm³/mol. The van der Waals surface area contributed by atoms with Gasteiger partial charge in [-0.15, -0.1) is 0 Å². The van der Waals surface area contributed by atoms with Crippen LogP contribution in [-0.2, 0) is 17.6 Å². The van der Waals surface area contributed by atoms with Crippen molar-refractivity contribution in [2.24, 2.45) is 0 Å². The molecule has 1 aliphatic rings. The number of Topliss-reactive ketones (excluding diaryl/α,β-unsaturated/α-hetero) is 1. The quantitative estimate of drug-likeness (QED) is 0.216. The van der Waals surface area contributed by atoms with E-state index in [1.165, 1.54) is 6.07 Å². The van der Waals surface area contributed by atoms with Crippen LogP contribution in [-0.4, -0.2) is 11.8 Å². The SMILES string of the molecule is CCc1ccc2oc(=O)c3cc(C4C(=O)Oc5c(CC)cccc5C4=O)oc3c2c1. The second-order valence-electron chi connectivity index (χ2n) is 7.33. The van der Waals surface area contributed by atoms with E-state index in [0.717, 1.165) is 17.5 Å². The van der Waals surface area contributed by atoms with Gasteiger partial charge < -0.3 is 13.6 Å². The highest BCUT2D eigenvalue weighted by molar-refractivity contribution is 6.17. The topological polar surface area (TPSA) is 86.7 Å². The lowest BCUT2D eigenvalue weighted by molar-refractivity contribution is -0.135. The molecule has 0 bridgehead atoms. The first-order valence-corrected chi connectivity index (χ1v) is 9.88. The molecule has 150 valence electrons. The molecule has 0 radical (unpaired) electrons. The molecule has 0 spiro atoms. The van der Waals surface area contributed by atoms with Gasteiger partial charge in [0.2, 0.25) is 0 Å². The van der Waals surface area contributed by atoms with E-state index < -0.39 is 23.3 Å². The van der Waals surface area contributed by atoms with E-state index in [9.17, 15) is 14.4 Å². The van der Waals surface area contributed by atoms with Gasteiger partial charge in [-0.05, 0) is 48.2 Å². The van der Waals surface area contributed by atoms with Gasteiger partial charge in [-0.1, -0.05) is 32.0 Å². The van der Waals surface area contributed by atoms with Crippen LogP contribution in [0.5, 0.6) is 5.75 Å². The summed E-state index contributed by atoms with van der Waals surface area (Å²) in [5, 5.41) is 0.819. The Morgan fingerprint density at radius 3 is 2.50 bits per heavy atom. The van der Waals surface area contributed by atoms with Crippen molar-refractivity contribution in [3.8, 4) is 5.75 Å². The minimum Gasteiger partial charge on any atom is -0.459 e. The van der Waals surface area contributed by atoms with Crippen LogP contribution in [0.4, 0.5) is 0 Å². The number of carbonyl (C=O) groups is 2. The van der Waals surface area contributed by atoms with Crippen molar-refractivity contribution >= 4 is 33.7 Å². The summed E-state index contributed by atoms with van der Waals surface area (Å²) in [7, 11) is 0. The number of furan rings is 1. The van der Waals surface area contributed by atoms with Gasteiger partial charge in [0.15, 0.2) is 17.3 Å². The molecular formula is C24H18O6. The smallest absolute Gasteiger partial charge is 0.347 e. The third kappa shape index (κ3) is 2.60. The third-order valence-electron chi connectivity index (χ3n) is 5.60. The van der Waals surface area contributed by atoms with Gasteiger partial charge >= 0.3 is 11.6 Å². The molecule has 5 rings (SSSR count). The monoisotopic (exact) mass is 402 g/mol. The Kier molecular flexibility index (Phi) is 4.10. The van der Waals surface area contributed by atoms with Crippen molar-refractivity contribution in [3.05, 3.63) is 75.3 Å². The van der Waals surface area contributed by atoms with Crippen LogP contribution < -0.4 is 10.4 Å². The number of esters is 1. The molecule has 6 nitrogen and oxygen atoms in total. The van der Waals surface area contributed by atoms with Gasteiger partial charge in [0.05, 0.1) is 10.9 Å². The number of rotatable bonds is 3. The number of ketones is 1. The Morgan fingerprint density at radius 1 is 0.900 bits per heavy atom. The fourth-order valence-corrected chi connectivity index (χ4v) is 3.97. The third-order valence-corrected chi connectivity index (χ3v) is 5.60. The van der Waals surface area contributed by atoms with Crippen molar-refractivity contribution in [2.45, 2.75) is 32.6 Å². The van der Waals surface area contributed by atoms with Crippen molar-refractivity contribution in [1.29, 1.82) is 0 Å². The first-order valence-electron chi connectivity index (χ1n) is 9.88. The summed E-state index contributed by atoms with van der Waals surface area (Å²) in [6.45, 7) is 3.94. The molecule has 0 amide bonds. The lowest BCUT2D eigenvalue weighted by Gasteiger charge is -2.22. The van der Waals surface area contributed by atoms with E-state index in [1.807, 2.05) is 32.0 Å². The van der Waals surface area contributed by atoms with Gasteiger partial charge in [-0.25, -0.2) is 4.79 Å². The van der Waals surface area contributed by atoms with Crippen LogP contribution in [0.3, 0.4) is 0 Å². The summed E-state index contributed by atoms with van der Waals surface area (Å²) >= 11 is 0. The molecule has 1 atom stereocenters. The molecule has 0 saturated heterocycles. The molecule has 1 aliphatic heterocycles. The maximum atomic E-state index is 13.2. The number of para-hydroxylation sites is 1. The van der Waals surface area contributed by atoms with Gasteiger partial charge in [-0.3, -0.25) is 9.59 Å². The van der Waals surface area contributed by atoms with E-state index in [-0.39, 0.29) is 11.1 Å². The summed E-state index contributed by atoms with van der Waals surface area (Å²) in [4.78, 5) is 38.4. The van der Waals surface area contributed by atoms with Crippen molar-refractivity contribution in [1.82, 2.24) is 0 Å². The highest BCUT2D eigenvalue weighted by Gasteiger charge is 2.41. The number of ether oxygens (including phenoxy) is 1. The zero-order valence-electron chi connectivity index (χ0n) is 16.5. The molecule has 4 aromatic rings. The average molecular weight is 402 g/mol. The van der Waals surface area contributed by atoms with Gasteiger partial charge in [0.1, 0.15) is 22.5 Å². The summed E-state index contributed by atoms with van der Waals surface area (Å²) in [5.74, 6) is -2.00. The molecule has 1 unspecified atom stereocenters. The van der Waals surface area contributed by atoms with Gasteiger partial charge in [0, 0.05) is 0 Å². The molecule has 0 saturated carbocycles. The van der Waals surface area contributed by atoms with Crippen LogP contribution in [0.15, 0.2) is 56.1 Å². The maximum absolute atomic E-state index is 13.2. The largest absolute Gasteiger partial charge is 0.459 e. The molecule has 0 N–H and O–H groups in total. The molecule has 6 heteroatoms. The Labute approximate surface area is 171 Å². The summed E-state index contributed by atoms with van der Waals surface area (Å²) < 4.78 is 16.9. The number of hydrogen-bond acceptors (Lipinski definition) is 6. The first-order chi connectivity index (χ1) is 14.5. The number of carbonyl (C=O) groups excluding carboxylic acids is 2. The lowest BCUT2D eigenvalue weighted by atomic mass is 9.90. The Morgan fingerprint density at radius 2 is 1.73 bits per heavy atom. The molecule has 30 heavy (non-hydrogen) atoms. The Hall–Kier alpha value is -3.67. The minimum absolute atomic E-state index is 0.0780. The minimum atomic E-state index is -1.26. The summed E-state index contributed by atoms with van der Waals surface area (Å²) in [5.41, 5.74) is 2.29. The zero-order valence-corrected chi connectivity index (χ0v) is 16.5. The van der Waals surface area contributed by atoms with E-state index in [2.05, 4.69) is 0 Å². The van der Waals surface area contributed by atoms with E-state index in [1.54, 1.807) is 18.2 Å². The average Bonchev–Trinajstić information content (AvgIpc) is 3.19. The maximum Gasteiger partial charge on any atom is 0.347 e. The van der Waals surface area contributed by atoms with Crippen LogP contribution in [0, 0.1) is 0 Å². The molecule has 2 aromatic heterocycles. The van der Waals surface area contributed by atoms with Crippen LogP contribution in [0.25, 0.3) is 21.9 Å². The second-order valence-corrected chi connectivity index (χ2v) is 7.33. The predicted octanol–water partition coefficient (Wildman–Crippen LogP) is 4.55. The summed E-state index contributed by atoms with van der Waals surface area (Å²) in [6, 6.07) is 12.1. The molecule has 0 fully saturated rings. The van der Waals surface area contributed by atoms with Gasteiger partial charge in [0.25, 0.3) is 0 Å². The van der Waals surface area contributed by atoms with E-state index in [4.69, 9.17) is 13.6 Å². The molecular weight excluding hydrogens is 384 g/mol. The van der Waals surface area contributed by atoms with Crippen molar-refractivity contribution in [3.63, 3.8) is 0 Å². The lowest BCUT2D eigenvalue weighted by Crippen LogP contribution is -2.32. The Balaban J connectivity index is 1.70. The molecule has 2 aromatic carbocycles. The fraction of sp³-hybridized carbons (Fsp3) is 0.208. The van der Waals surface area contributed by atoms with Crippen LogP contribution >= 0.6 is 0 Å². The molecule has 0 aliphatic carbocycles. The van der Waals surface area contributed by atoms with Gasteiger partial charge in [-0.2, -0.15) is 0 Å². The second kappa shape index (κ2) is 6.69. The number of benzene rings is 2. The normalized spacial score (nSPS) is 16.1. The highest BCUT2D eigenvalue weighted by Crippen LogP contribution is 2.38. The molecule has 3 heterocycles. The fourth-order valence-electron chi connectivity index (χ4n) is 3.97. The first kappa shape index (κ1) is 18.4. The number of aryl methyl sites for hydroxylation is 2. The van der Waals surface area contributed by atoms with Crippen molar-refractivity contribution < 1.29 is 23.2 Å². The highest BCUT2D eigenvalue weighted by atomic mass is 16.5. The van der Waals surface area contributed by atoms with E-state index in [0.29, 0.717) is 34.3 Å².